The van der Waals surface area contributed by atoms with Crippen LogP contribution in [0, 0.1) is 0 Å². The molecule has 0 saturated carbocycles. The maximum absolute atomic E-state index is 5.35. The minimum absolute atomic E-state index is 0.696. The van der Waals surface area contributed by atoms with Crippen LogP contribution in [0.15, 0.2) is 36.7 Å². The highest BCUT2D eigenvalue weighted by atomic mass is 16.5. The summed E-state index contributed by atoms with van der Waals surface area (Å²) in [6.45, 7) is 4.01. The monoisotopic (exact) mass is 270 g/mol. The fraction of sp³-hybridized carbons (Fsp3) is 0.333. The summed E-state index contributed by atoms with van der Waals surface area (Å²) >= 11 is 0. The fourth-order valence-corrected chi connectivity index (χ4v) is 2.38. The highest BCUT2D eigenvalue weighted by Gasteiger charge is 2.12. The maximum atomic E-state index is 5.35. The summed E-state index contributed by atoms with van der Waals surface area (Å²) in [6.07, 6.45) is 3.78. The molecule has 5 nitrogen and oxygen atoms in total. The average Bonchev–Trinajstić information content (AvgIpc) is 2.56. The van der Waals surface area contributed by atoms with Crippen molar-refractivity contribution < 1.29 is 4.74 Å². The molecule has 104 valence electrons. The quantitative estimate of drug-likeness (QED) is 0.917. The summed E-state index contributed by atoms with van der Waals surface area (Å²) < 4.78 is 5.35. The molecule has 1 saturated heterocycles. The second-order valence-corrected chi connectivity index (χ2v) is 4.70. The van der Waals surface area contributed by atoms with Crippen molar-refractivity contribution >= 4 is 5.69 Å². The highest BCUT2D eigenvalue weighted by Crippen LogP contribution is 2.27. The number of nitrogens with one attached hydrogen (secondary N) is 1. The number of anilines is 1. The topological polar surface area (TPSA) is 50.3 Å². The van der Waals surface area contributed by atoms with Gasteiger partial charge in [0.1, 0.15) is 5.75 Å². The van der Waals surface area contributed by atoms with E-state index in [2.05, 4.69) is 20.2 Å². The van der Waals surface area contributed by atoms with Crippen LogP contribution in [0.5, 0.6) is 5.75 Å². The Kier molecular flexibility index (Phi) is 3.78. The predicted octanol–water partition coefficient (Wildman–Crippen LogP) is 1.56. The molecule has 1 aliphatic rings. The second kappa shape index (κ2) is 5.88. The van der Waals surface area contributed by atoms with E-state index in [9.17, 15) is 0 Å². The van der Waals surface area contributed by atoms with E-state index in [0.717, 1.165) is 43.2 Å². The number of nitrogens with zero attached hydrogens (tertiary/aromatic N) is 3. The Hall–Kier alpha value is -2.14. The van der Waals surface area contributed by atoms with Crippen LogP contribution in [0.3, 0.4) is 0 Å². The lowest BCUT2D eigenvalue weighted by atomic mass is 10.2. The van der Waals surface area contributed by atoms with E-state index in [1.807, 2.05) is 36.7 Å². The molecule has 0 bridgehead atoms. The van der Waals surface area contributed by atoms with Gasteiger partial charge in [-0.3, -0.25) is 0 Å². The van der Waals surface area contributed by atoms with Crippen molar-refractivity contribution in [3.63, 3.8) is 0 Å². The summed E-state index contributed by atoms with van der Waals surface area (Å²) in [4.78, 5) is 11.3. The van der Waals surface area contributed by atoms with Gasteiger partial charge in [-0.25, -0.2) is 9.97 Å². The molecule has 0 atom stereocenters. The molecule has 1 aliphatic heterocycles. The third-order valence-corrected chi connectivity index (χ3v) is 3.47. The zero-order valence-electron chi connectivity index (χ0n) is 11.5. The van der Waals surface area contributed by atoms with E-state index in [4.69, 9.17) is 4.74 Å². The Bertz CT molecular complexity index is 564. The molecule has 0 unspecified atom stereocenters. The van der Waals surface area contributed by atoms with Crippen molar-refractivity contribution in [3.8, 4) is 17.1 Å². The zero-order chi connectivity index (χ0) is 13.8. The molecule has 1 aromatic heterocycles. The van der Waals surface area contributed by atoms with Gasteiger partial charge in [0.05, 0.1) is 30.8 Å². The molecule has 0 radical (unpaired) electrons. The Morgan fingerprint density at radius 2 is 1.80 bits per heavy atom. The van der Waals surface area contributed by atoms with Crippen molar-refractivity contribution in [1.29, 1.82) is 0 Å². The van der Waals surface area contributed by atoms with Crippen LogP contribution < -0.4 is 15.0 Å². The molecule has 1 aromatic carbocycles. The van der Waals surface area contributed by atoms with Crippen LogP contribution in [0.4, 0.5) is 5.69 Å². The van der Waals surface area contributed by atoms with E-state index in [-0.39, 0.29) is 0 Å². The Morgan fingerprint density at radius 3 is 2.50 bits per heavy atom. The van der Waals surface area contributed by atoms with E-state index in [0.29, 0.717) is 5.82 Å². The van der Waals surface area contributed by atoms with Crippen LogP contribution in [-0.2, 0) is 0 Å². The van der Waals surface area contributed by atoms with Crippen molar-refractivity contribution in [3.05, 3.63) is 36.7 Å². The SMILES string of the molecule is COc1ccccc1-c1ncc(N2CCNCC2)cn1. The summed E-state index contributed by atoms with van der Waals surface area (Å²) in [6, 6.07) is 7.80. The smallest absolute Gasteiger partial charge is 0.163 e. The van der Waals surface area contributed by atoms with Gasteiger partial charge in [-0.15, -0.1) is 0 Å². The van der Waals surface area contributed by atoms with E-state index in [1.54, 1.807) is 7.11 Å². The molecule has 0 amide bonds. The summed E-state index contributed by atoms with van der Waals surface area (Å²) in [5, 5.41) is 3.34. The number of rotatable bonds is 3. The number of benzene rings is 1. The van der Waals surface area contributed by atoms with Crippen LogP contribution in [0.25, 0.3) is 11.4 Å². The lowest BCUT2D eigenvalue weighted by molar-refractivity contribution is 0.416. The number of para-hydroxylation sites is 1. The molecule has 20 heavy (non-hydrogen) atoms. The van der Waals surface area contributed by atoms with E-state index >= 15 is 0 Å². The van der Waals surface area contributed by atoms with Crippen LogP contribution in [0.1, 0.15) is 0 Å². The fourth-order valence-electron chi connectivity index (χ4n) is 2.38. The second-order valence-electron chi connectivity index (χ2n) is 4.70. The third kappa shape index (κ3) is 2.58. The number of aromatic nitrogens is 2. The molecule has 1 N–H and O–H groups in total. The Morgan fingerprint density at radius 1 is 1.10 bits per heavy atom. The van der Waals surface area contributed by atoms with Gasteiger partial charge in [-0.05, 0) is 12.1 Å². The first-order chi connectivity index (χ1) is 9.88. The maximum Gasteiger partial charge on any atom is 0.163 e. The van der Waals surface area contributed by atoms with Crippen LogP contribution >= 0.6 is 0 Å². The largest absolute Gasteiger partial charge is 0.496 e. The minimum atomic E-state index is 0.696. The number of piperazine rings is 1. The van der Waals surface area contributed by atoms with Gasteiger partial charge in [0.25, 0.3) is 0 Å². The highest BCUT2D eigenvalue weighted by molar-refractivity contribution is 5.64. The van der Waals surface area contributed by atoms with Crippen molar-refractivity contribution in [1.82, 2.24) is 15.3 Å². The van der Waals surface area contributed by atoms with Crippen LogP contribution in [0.2, 0.25) is 0 Å². The van der Waals surface area contributed by atoms with Crippen molar-refractivity contribution in [2.24, 2.45) is 0 Å². The molecular weight excluding hydrogens is 252 g/mol. The predicted molar refractivity (Wildman–Crippen MR) is 79.1 cm³/mol. The normalized spacial score (nSPS) is 15.2. The average molecular weight is 270 g/mol. The van der Waals surface area contributed by atoms with Gasteiger partial charge in [0.2, 0.25) is 0 Å². The van der Waals surface area contributed by atoms with Gasteiger partial charge in [0.15, 0.2) is 5.82 Å². The molecule has 1 fully saturated rings. The molecule has 0 aliphatic carbocycles. The minimum Gasteiger partial charge on any atom is -0.496 e. The summed E-state index contributed by atoms with van der Waals surface area (Å²) in [7, 11) is 1.66. The lowest BCUT2D eigenvalue weighted by Gasteiger charge is -2.28. The number of ether oxygens (including phenoxy) is 1. The summed E-state index contributed by atoms with van der Waals surface area (Å²) in [5.74, 6) is 1.49. The first-order valence-corrected chi connectivity index (χ1v) is 6.79. The van der Waals surface area contributed by atoms with Crippen molar-refractivity contribution in [2.45, 2.75) is 0 Å². The van der Waals surface area contributed by atoms with E-state index in [1.165, 1.54) is 0 Å². The number of methoxy groups -OCH3 is 1. The third-order valence-electron chi connectivity index (χ3n) is 3.47. The number of hydrogen-bond acceptors (Lipinski definition) is 5. The van der Waals surface area contributed by atoms with Gasteiger partial charge in [-0.1, -0.05) is 12.1 Å². The van der Waals surface area contributed by atoms with Gasteiger partial charge >= 0.3 is 0 Å². The van der Waals surface area contributed by atoms with Gasteiger partial charge in [0, 0.05) is 26.2 Å². The molecule has 0 spiro atoms. The Labute approximate surface area is 118 Å². The first kappa shape index (κ1) is 12.9. The van der Waals surface area contributed by atoms with Crippen LogP contribution in [-0.4, -0.2) is 43.3 Å². The summed E-state index contributed by atoms with van der Waals surface area (Å²) in [5.41, 5.74) is 1.99. The molecular formula is C15H18N4O. The molecule has 2 heterocycles. The number of hydrogen-bond donors (Lipinski definition) is 1. The lowest BCUT2D eigenvalue weighted by Crippen LogP contribution is -2.43. The van der Waals surface area contributed by atoms with Crippen molar-refractivity contribution in [2.75, 3.05) is 38.2 Å². The molecule has 3 rings (SSSR count). The Balaban J connectivity index is 1.85. The van der Waals surface area contributed by atoms with Gasteiger partial charge in [-0.2, -0.15) is 0 Å². The molecule has 2 aromatic rings. The molecule has 5 heteroatoms. The standard InChI is InChI=1S/C15H18N4O/c1-20-14-5-3-2-4-13(14)15-17-10-12(11-18-15)19-8-6-16-7-9-19/h2-5,10-11,16H,6-9H2,1H3. The zero-order valence-corrected chi connectivity index (χ0v) is 11.5. The van der Waals surface area contributed by atoms with E-state index < -0.39 is 0 Å². The first-order valence-electron chi connectivity index (χ1n) is 6.79. The van der Waals surface area contributed by atoms with Gasteiger partial charge < -0.3 is 15.0 Å².